The van der Waals surface area contributed by atoms with E-state index in [1.54, 1.807) is 21.4 Å². The summed E-state index contributed by atoms with van der Waals surface area (Å²) in [4.78, 5) is 17.0. The molecule has 3 heterocycles. The highest BCUT2D eigenvalue weighted by atomic mass is 35.5. The van der Waals surface area contributed by atoms with Crippen LogP contribution in [0.5, 0.6) is 5.75 Å². The number of hydrogen-bond acceptors (Lipinski definition) is 4. The molecule has 0 unspecified atom stereocenters. The van der Waals surface area contributed by atoms with Gasteiger partial charge in [-0.3, -0.25) is 4.57 Å². The third-order valence-electron chi connectivity index (χ3n) is 4.53. The van der Waals surface area contributed by atoms with Crippen LogP contribution in [0, 0.1) is 0 Å². The minimum atomic E-state index is -0.0768. The quantitative estimate of drug-likeness (QED) is 0.691. The van der Waals surface area contributed by atoms with E-state index < -0.39 is 0 Å². The number of benzene rings is 1. The SMILES string of the molecule is O=c1n2c(c(S)n1-c1ccc(OCc3ccc(Cl)cc3)cn1)CCCC2. The van der Waals surface area contributed by atoms with E-state index >= 15 is 0 Å². The van der Waals surface area contributed by atoms with E-state index in [-0.39, 0.29) is 5.69 Å². The maximum Gasteiger partial charge on any atom is 0.335 e. The molecule has 4 rings (SSSR count). The van der Waals surface area contributed by atoms with Gasteiger partial charge < -0.3 is 4.74 Å². The summed E-state index contributed by atoms with van der Waals surface area (Å²) >= 11 is 10.4. The Labute approximate surface area is 161 Å². The summed E-state index contributed by atoms with van der Waals surface area (Å²) in [6.07, 6.45) is 4.61. The molecule has 0 fully saturated rings. The third-order valence-corrected chi connectivity index (χ3v) is 5.24. The van der Waals surface area contributed by atoms with Crippen LogP contribution < -0.4 is 10.4 Å². The number of nitrogens with zero attached hydrogens (tertiary/aromatic N) is 3. The molecule has 0 spiro atoms. The summed E-state index contributed by atoms with van der Waals surface area (Å²) in [6.45, 7) is 1.17. The highest BCUT2D eigenvalue weighted by molar-refractivity contribution is 7.80. The van der Waals surface area contributed by atoms with Crippen molar-refractivity contribution in [3.8, 4) is 11.6 Å². The maximum absolute atomic E-state index is 12.7. The van der Waals surface area contributed by atoms with Gasteiger partial charge in [0, 0.05) is 11.6 Å². The average Bonchev–Trinajstić information content (AvgIpc) is 2.93. The Morgan fingerprint density at radius 1 is 1.15 bits per heavy atom. The predicted molar refractivity (Wildman–Crippen MR) is 104 cm³/mol. The second-order valence-electron chi connectivity index (χ2n) is 6.26. The van der Waals surface area contributed by atoms with Gasteiger partial charge >= 0.3 is 5.69 Å². The molecule has 0 radical (unpaired) electrons. The fourth-order valence-corrected chi connectivity index (χ4v) is 3.71. The lowest BCUT2D eigenvalue weighted by atomic mass is 10.1. The summed E-state index contributed by atoms with van der Waals surface area (Å²) < 4.78 is 9.11. The highest BCUT2D eigenvalue weighted by Gasteiger charge is 2.21. The zero-order chi connectivity index (χ0) is 18.1. The van der Waals surface area contributed by atoms with Gasteiger partial charge in [0.2, 0.25) is 0 Å². The molecule has 26 heavy (non-hydrogen) atoms. The first-order valence-corrected chi connectivity index (χ1v) is 9.33. The topological polar surface area (TPSA) is 49.0 Å². The molecule has 0 bridgehead atoms. The van der Waals surface area contributed by atoms with Crippen molar-refractivity contribution < 1.29 is 4.74 Å². The Balaban J connectivity index is 1.54. The van der Waals surface area contributed by atoms with Crippen LogP contribution in [-0.2, 0) is 19.6 Å². The van der Waals surface area contributed by atoms with Crippen molar-refractivity contribution in [1.82, 2.24) is 14.1 Å². The lowest BCUT2D eigenvalue weighted by molar-refractivity contribution is 0.305. The Bertz CT molecular complexity index is 978. The molecule has 0 amide bonds. The van der Waals surface area contributed by atoms with Gasteiger partial charge in [0.15, 0.2) is 0 Å². The van der Waals surface area contributed by atoms with E-state index in [0.29, 0.717) is 28.2 Å². The van der Waals surface area contributed by atoms with Gasteiger partial charge in [-0.1, -0.05) is 23.7 Å². The molecule has 0 N–H and O–H groups in total. The van der Waals surface area contributed by atoms with Gasteiger partial charge in [0.1, 0.15) is 23.2 Å². The van der Waals surface area contributed by atoms with Crippen molar-refractivity contribution in [3.63, 3.8) is 0 Å². The molecular weight excluding hydrogens is 370 g/mol. The van der Waals surface area contributed by atoms with Crippen LogP contribution >= 0.6 is 24.2 Å². The van der Waals surface area contributed by atoms with Crippen LogP contribution in [0.4, 0.5) is 0 Å². The number of thiol groups is 1. The van der Waals surface area contributed by atoms with E-state index in [1.807, 2.05) is 30.3 Å². The normalized spacial score (nSPS) is 13.5. The number of fused-ring (bicyclic) bond motifs is 1. The standard InChI is InChI=1S/C19H18ClN3O2S/c20-14-6-4-13(5-7-14)12-25-15-8-9-17(21-11-15)23-18(26)16-3-1-2-10-22(16)19(23)24/h4-9,11,26H,1-3,10,12H2. The first-order valence-electron chi connectivity index (χ1n) is 8.50. The van der Waals surface area contributed by atoms with Crippen LogP contribution in [0.15, 0.2) is 52.4 Å². The zero-order valence-electron chi connectivity index (χ0n) is 14.1. The van der Waals surface area contributed by atoms with Gasteiger partial charge in [-0.2, -0.15) is 0 Å². The fraction of sp³-hybridized carbons (Fsp3) is 0.263. The number of ether oxygens (including phenoxy) is 1. The van der Waals surface area contributed by atoms with Gasteiger partial charge in [-0.15, -0.1) is 12.6 Å². The van der Waals surface area contributed by atoms with Crippen molar-refractivity contribution in [3.05, 3.63) is 69.4 Å². The van der Waals surface area contributed by atoms with Gasteiger partial charge in [0.05, 0.1) is 11.9 Å². The number of pyridine rings is 1. The van der Waals surface area contributed by atoms with Crippen LogP contribution in [0.25, 0.3) is 5.82 Å². The molecule has 1 aliphatic heterocycles. The minimum Gasteiger partial charge on any atom is -0.487 e. The van der Waals surface area contributed by atoms with E-state index in [2.05, 4.69) is 17.6 Å². The second-order valence-corrected chi connectivity index (χ2v) is 7.12. The molecule has 1 aliphatic rings. The zero-order valence-corrected chi connectivity index (χ0v) is 15.7. The number of imidazole rings is 1. The van der Waals surface area contributed by atoms with Crippen LogP contribution in [0.2, 0.25) is 5.02 Å². The largest absolute Gasteiger partial charge is 0.487 e. The van der Waals surface area contributed by atoms with Crippen molar-refractivity contribution in [2.75, 3.05) is 0 Å². The van der Waals surface area contributed by atoms with Gasteiger partial charge in [-0.25, -0.2) is 14.3 Å². The van der Waals surface area contributed by atoms with Crippen molar-refractivity contribution in [2.45, 2.75) is 37.4 Å². The van der Waals surface area contributed by atoms with E-state index in [1.165, 1.54) is 0 Å². The summed E-state index contributed by atoms with van der Waals surface area (Å²) in [5.41, 5.74) is 1.94. The molecule has 0 saturated carbocycles. The van der Waals surface area contributed by atoms with E-state index in [9.17, 15) is 4.79 Å². The van der Waals surface area contributed by atoms with Crippen molar-refractivity contribution in [1.29, 1.82) is 0 Å². The van der Waals surface area contributed by atoms with Crippen LogP contribution in [0.3, 0.4) is 0 Å². The maximum atomic E-state index is 12.7. The Morgan fingerprint density at radius 3 is 2.65 bits per heavy atom. The first kappa shape index (κ1) is 17.2. The van der Waals surface area contributed by atoms with Crippen molar-refractivity contribution >= 4 is 24.2 Å². The van der Waals surface area contributed by atoms with Crippen LogP contribution in [-0.4, -0.2) is 14.1 Å². The fourth-order valence-electron chi connectivity index (χ4n) is 3.16. The molecule has 2 aromatic heterocycles. The molecule has 3 aromatic rings. The highest BCUT2D eigenvalue weighted by Crippen LogP contribution is 2.23. The summed E-state index contributed by atoms with van der Waals surface area (Å²) in [7, 11) is 0. The lowest BCUT2D eigenvalue weighted by Crippen LogP contribution is -2.26. The predicted octanol–water partition coefficient (Wildman–Crippen LogP) is 3.89. The third kappa shape index (κ3) is 3.27. The Kier molecular flexibility index (Phi) is 4.78. The van der Waals surface area contributed by atoms with Gasteiger partial charge in [0.25, 0.3) is 0 Å². The number of aromatic nitrogens is 3. The van der Waals surface area contributed by atoms with E-state index in [4.69, 9.17) is 16.3 Å². The number of rotatable bonds is 4. The van der Waals surface area contributed by atoms with Crippen LogP contribution in [0.1, 0.15) is 24.1 Å². The average molecular weight is 388 g/mol. The summed E-state index contributed by atoms with van der Waals surface area (Å²) in [5, 5.41) is 1.38. The van der Waals surface area contributed by atoms with Crippen molar-refractivity contribution in [2.24, 2.45) is 0 Å². The molecule has 0 aliphatic carbocycles. The Hall–Kier alpha value is -2.18. The number of hydrogen-bond donors (Lipinski definition) is 1. The summed E-state index contributed by atoms with van der Waals surface area (Å²) in [5.74, 6) is 1.20. The second kappa shape index (κ2) is 7.21. The minimum absolute atomic E-state index is 0.0768. The molecular formula is C19H18ClN3O2S. The van der Waals surface area contributed by atoms with E-state index in [0.717, 1.165) is 37.1 Å². The molecule has 7 heteroatoms. The van der Waals surface area contributed by atoms with Gasteiger partial charge in [-0.05, 0) is 49.1 Å². The molecule has 0 atom stereocenters. The smallest absolute Gasteiger partial charge is 0.335 e. The molecule has 5 nitrogen and oxygen atoms in total. The molecule has 134 valence electrons. The molecule has 0 saturated heterocycles. The number of halogens is 1. The summed E-state index contributed by atoms with van der Waals surface area (Å²) in [6, 6.07) is 11.1. The first-order chi connectivity index (χ1) is 12.6. The molecule has 1 aromatic carbocycles. The Morgan fingerprint density at radius 2 is 1.96 bits per heavy atom. The monoisotopic (exact) mass is 387 g/mol. The lowest BCUT2D eigenvalue weighted by Gasteiger charge is -2.12.